The SMILES string of the molecule is CCN(CC)Cc1ccccc1-c1nc(C(F)(F)F)c(C(=O)NC(C)c2cccc(-c3cccnc3)c2)s1. The molecule has 4 rings (SSSR count). The highest BCUT2D eigenvalue weighted by Crippen LogP contribution is 2.39. The van der Waals surface area contributed by atoms with Crippen LogP contribution in [0.25, 0.3) is 21.7 Å². The molecule has 198 valence electrons. The number of benzene rings is 2. The largest absolute Gasteiger partial charge is 0.435 e. The van der Waals surface area contributed by atoms with Gasteiger partial charge in [-0.15, -0.1) is 11.3 Å². The van der Waals surface area contributed by atoms with E-state index in [1.807, 2.05) is 62.4 Å². The van der Waals surface area contributed by atoms with Crippen molar-refractivity contribution in [2.75, 3.05) is 13.1 Å². The van der Waals surface area contributed by atoms with Gasteiger partial charge in [0.25, 0.3) is 5.91 Å². The lowest BCUT2D eigenvalue weighted by Gasteiger charge is -2.19. The zero-order valence-corrected chi connectivity index (χ0v) is 22.2. The van der Waals surface area contributed by atoms with Crippen molar-refractivity contribution in [1.29, 1.82) is 0 Å². The van der Waals surface area contributed by atoms with Gasteiger partial charge >= 0.3 is 6.18 Å². The third kappa shape index (κ3) is 6.28. The Morgan fingerprint density at radius 1 is 1.03 bits per heavy atom. The minimum Gasteiger partial charge on any atom is -0.345 e. The third-order valence-electron chi connectivity index (χ3n) is 6.37. The molecule has 0 aliphatic carbocycles. The molecular formula is C29H29F3N4OS. The zero-order valence-electron chi connectivity index (χ0n) is 21.4. The monoisotopic (exact) mass is 538 g/mol. The normalized spacial score (nSPS) is 12.5. The molecule has 0 aliphatic rings. The molecule has 0 bridgehead atoms. The predicted octanol–water partition coefficient (Wildman–Crippen LogP) is 7.22. The summed E-state index contributed by atoms with van der Waals surface area (Å²) in [7, 11) is 0. The van der Waals surface area contributed by atoms with Crippen LogP contribution >= 0.6 is 11.3 Å². The third-order valence-corrected chi connectivity index (χ3v) is 7.45. The topological polar surface area (TPSA) is 58.1 Å². The number of rotatable bonds is 9. The fourth-order valence-electron chi connectivity index (χ4n) is 4.20. The highest BCUT2D eigenvalue weighted by atomic mass is 32.1. The van der Waals surface area contributed by atoms with Crippen LogP contribution in [0.1, 0.15) is 53.3 Å². The van der Waals surface area contributed by atoms with Gasteiger partial charge in [0, 0.05) is 24.5 Å². The minimum atomic E-state index is -4.77. The van der Waals surface area contributed by atoms with Gasteiger partial charge in [0.1, 0.15) is 9.88 Å². The summed E-state index contributed by atoms with van der Waals surface area (Å²) in [6.45, 7) is 8.01. The predicted molar refractivity (Wildman–Crippen MR) is 145 cm³/mol. The van der Waals surface area contributed by atoms with Gasteiger partial charge in [0.15, 0.2) is 5.69 Å². The van der Waals surface area contributed by atoms with Gasteiger partial charge < -0.3 is 5.32 Å². The van der Waals surface area contributed by atoms with Gasteiger partial charge in [0.05, 0.1) is 6.04 Å². The van der Waals surface area contributed by atoms with Gasteiger partial charge in [-0.3, -0.25) is 14.7 Å². The molecule has 0 saturated heterocycles. The number of amides is 1. The Balaban J connectivity index is 1.63. The summed E-state index contributed by atoms with van der Waals surface area (Å²) in [5, 5.41) is 2.92. The molecule has 4 aromatic rings. The molecule has 0 saturated carbocycles. The van der Waals surface area contributed by atoms with Gasteiger partial charge in [0.2, 0.25) is 0 Å². The van der Waals surface area contributed by atoms with Crippen LogP contribution < -0.4 is 5.32 Å². The van der Waals surface area contributed by atoms with Crippen molar-refractivity contribution >= 4 is 17.2 Å². The van der Waals surface area contributed by atoms with E-state index in [1.54, 1.807) is 31.5 Å². The molecule has 38 heavy (non-hydrogen) atoms. The first-order chi connectivity index (χ1) is 18.2. The van der Waals surface area contributed by atoms with Crippen LogP contribution in [0, 0.1) is 0 Å². The second-order valence-electron chi connectivity index (χ2n) is 8.88. The number of carbonyl (C=O) groups excluding carboxylic acids is 1. The van der Waals surface area contributed by atoms with Crippen molar-refractivity contribution in [1.82, 2.24) is 20.2 Å². The Kier molecular flexibility index (Phi) is 8.58. The van der Waals surface area contributed by atoms with E-state index >= 15 is 0 Å². The van der Waals surface area contributed by atoms with Crippen molar-refractivity contribution in [2.24, 2.45) is 0 Å². The lowest BCUT2D eigenvalue weighted by Crippen LogP contribution is -2.28. The summed E-state index contributed by atoms with van der Waals surface area (Å²) in [6.07, 6.45) is -1.35. The number of halogens is 3. The van der Waals surface area contributed by atoms with Gasteiger partial charge in [-0.1, -0.05) is 62.4 Å². The summed E-state index contributed by atoms with van der Waals surface area (Å²) < 4.78 is 42.0. The van der Waals surface area contributed by atoms with Crippen LogP contribution in [-0.4, -0.2) is 33.9 Å². The van der Waals surface area contributed by atoms with Gasteiger partial charge in [-0.25, -0.2) is 4.98 Å². The van der Waals surface area contributed by atoms with Crippen molar-refractivity contribution in [3.8, 4) is 21.7 Å². The Morgan fingerprint density at radius 2 is 1.76 bits per heavy atom. The smallest absolute Gasteiger partial charge is 0.345 e. The summed E-state index contributed by atoms with van der Waals surface area (Å²) in [5.41, 5.74) is 2.88. The number of carbonyl (C=O) groups is 1. The van der Waals surface area contributed by atoms with E-state index in [9.17, 15) is 18.0 Å². The van der Waals surface area contributed by atoms with E-state index in [0.29, 0.717) is 12.1 Å². The second kappa shape index (κ2) is 11.9. The van der Waals surface area contributed by atoms with Crippen LogP contribution in [0.2, 0.25) is 0 Å². The molecule has 1 unspecified atom stereocenters. The molecule has 1 atom stereocenters. The minimum absolute atomic E-state index is 0.177. The molecule has 2 heterocycles. The lowest BCUT2D eigenvalue weighted by atomic mass is 10.0. The number of nitrogens with one attached hydrogen (secondary N) is 1. The van der Waals surface area contributed by atoms with Crippen LogP contribution in [0.3, 0.4) is 0 Å². The second-order valence-corrected chi connectivity index (χ2v) is 9.87. The molecule has 0 radical (unpaired) electrons. The van der Waals surface area contributed by atoms with E-state index in [2.05, 4.69) is 20.2 Å². The van der Waals surface area contributed by atoms with E-state index in [4.69, 9.17) is 0 Å². The highest BCUT2D eigenvalue weighted by Gasteiger charge is 2.40. The number of aromatic nitrogens is 2. The average Bonchev–Trinajstić information content (AvgIpc) is 3.39. The maximum Gasteiger partial charge on any atom is 0.435 e. The number of pyridine rings is 1. The van der Waals surface area contributed by atoms with Crippen LogP contribution in [0.4, 0.5) is 13.2 Å². The molecule has 1 N–H and O–H groups in total. The van der Waals surface area contributed by atoms with Crippen LogP contribution in [0.15, 0.2) is 73.1 Å². The van der Waals surface area contributed by atoms with Crippen molar-refractivity contribution in [2.45, 2.75) is 39.5 Å². The first kappa shape index (κ1) is 27.5. The summed E-state index contributed by atoms with van der Waals surface area (Å²) in [4.78, 5) is 23.0. The maximum atomic E-state index is 14.0. The zero-order chi connectivity index (χ0) is 27.3. The maximum absolute atomic E-state index is 14.0. The molecule has 2 aromatic carbocycles. The Hall–Kier alpha value is -3.56. The average molecular weight is 539 g/mol. The molecular weight excluding hydrogens is 509 g/mol. The lowest BCUT2D eigenvalue weighted by molar-refractivity contribution is -0.141. The first-order valence-corrected chi connectivity index (χ1v) is 13.2. The molecule has 5 nitrogen and oxygen atoms in total. The van der Waals surface area contributed by atoms with Gasteiger partial charge in [-0.2, -0.15) is 13.2 Å². The van der Waals surface area contributed by atoms with Crippen molar-refractivity contribution in [3.05, 3.63) is 94.8 Å². The van der Waals surface area contributed by atoms with Crippen molar-refractivity contribution < 1.29 is 18.0 Å². The standard InChI is InChI=1S/C29H29F3N4OS/c1-4-36(5-2)18-23-10-6-7-14-24(23)28-35-26(29(30,31)32)25(38-28)27(37)34-19(3)20-11-8-12-21(16-20)22-13-9-15-33-17-22/h6-17,19H,4-5,18H2,1-3H3,(H,34,37). The molecule has 0 aliphatic heterocycles. The Morgan fingerprint density at radius 3 is 2.45 bits per heavy atom. The summed E-state index contributed by atoms with van der Waals surface area (Å²) in [6, 6.07) is 18.0. The van der Waals surface area contributed by atoms with Gasteiger partial charge in [-0.05, 0) is 54.4 Å². The summed E-state index contributed by atoms with van der Waals surface area (Å²) in [5.74, 6) is -0.804. The number of hydrogen-bond acceptors (Lipinski definition) is 5. The number of thiazole rings is 1. The molecule has 1 amide bonds. The number of nitrogens with zero attached hydrogens (tertiary/aromatic N) is 3. The fraction of sp³-hybridized carbons (Fsp3) is 0.276. The van der Waals surface area contributed by atoms with E-state index < -0.39 is 28.7 Å². The molecule has 9 heteroatoms. The Bertz CT molecular complexity index is 1380. The van der Waals surface area contributed by atoms with Crippen LogP contribution in [0.5, 0.6) is 0 Å². The van der Waals surface area contributed by atoms with Crippen molar-refractivity contribution in [3.63, 3.8) is 0 Å². The molecule has 0 fully saturated rings. The Labute approximate surface area is 224 Å². The van der Waals surface area contributed by atoms with E-state index in [-0.39, 0.29) is 5.01 Å². The first-order valence-electron chi connectivity index (χ1n) is 12.4. The highest BCUT2D eigenvalue weighted by molar-refractivity contribution is 7.17. The van der Waals surface area contributed by atoms with Crippen LogP contribution in [-0.2, 0) is 12.7 Å². The number of alkyl halides is 3. The van der Waals surface area contributed by atoms with E-state index in [1.165, 1.54) is 0 Å². The molecule has 0 spiro atoms. The van der Waals surface area contributed by atoms with E-state index in [0.717, 1.165) is 46.7 Å². The quantitative estimate of drug-likeness (QED) is 0.244. The molecule has 2 aromatic heterocycles. The number of hydrogen-bond donors (Lipinski definition) is 1. The summed E-state index contributed by atoms with van der Waals surface area (Å²) >= 11 is 0.771. The fourth-order valence-corrected chi connectivity index (χ4v) is 5.25.